The molecule has 1 N–H and O–H groups in total. The molecule has 64 valence electrons. The van der Waals surface area contributed by atoms with Crippen molar-refractivity contribution in [3.63, 3.8) is 0 Å². The number of anilines is 2. The van der Waals surface area contributed by atoms with Gasteiger partial charge in [0.1, 0.15) is 5.82 Å². The van der Waals surface area contributed by atoms with Crippen LogP contribution in [0.2, 0.25) is 0 Å². The molecule has 1 aromatic heterocycles. The number of rotatable bonds is 2. The molecular weight excluding hydrogens is 162 g/mol. The number of para-hydroxylation sites is 1. The van der Waals surface area contributed by atoms with Crippen molar-refractivity contribution in [3.05, 3.63) is 48.9 Å². The Morgan fingerprint density at radius 1 is 1.00 bits per heavy atom. The third kappa shape index (κ3) is 2.02. The summed E-state index contributed by atoms with van der Waals surface area (Å²) in [5.74, 6) is 0.758. The standard InChI is InChI=1S/C10H9N3/c1-2-4-9(5-3-1)13-10-8-11-6-7-12-10/h1-8H,(H,12,13). The van der Waals surface area contributed by atoms with Gasteiger partial charge in [-0.25, -0.2) is 4.98 Å². The van der Waals surface area contributed by atoms with Crippen molar-refractivity contribution in [1.29, 1.82) is 0 Å². The summed E-state index contributed by atoms with van der Waals surface area (Å²) < 4.78 is 0. The van der Waals surface area contributed by atoms with Gasteiger partial charge < -0.3 is 5.32 Å². The lowest BCUT2D eigenvalue weighted by molar-refractivity contribution is 1.20. The molecule has 3 nitrogen and oxygen atoms in total. The summed E-state index contributed by atoms with van der Waals surface area (Å²) in [5.41, 5.74) is 1.02. The van der Waals surface area contributed by atoms with Crippen LogP contribution in [0.5, 0.6) is 0 Å². The average molecular weight is 171 g/mol. The number of hydrogen-bond acceptors (Lipinski definition) is 3. The zero-order valence-corrected chi connectivity index (χ0v) is 7.01. The first kappa shape index (κ1) is 7.73. The lowest BCUT2D eigenvalue weighted by Gasteiger charge is -2.02. The lowest BCUT2D eigenvalue weighted by atomic mass is 10.3. The van der Waals surface area contributed by atoms with Crippen LogP contribution >= 0.6 is 0 Å². The molecule has 0 saturated carbocycles. The maximum Gasteiger partial charge on any atom is 0.148 e. The molecule has 1 aromatic carbocycles. The normalized spacial score (nSPS) is 9.54. The second kappa shape index (κ2) is 3.67. The minimum absolute atomic E-state index is 0.758. The Hall–Kier alpha value is -1.90. The fourth-order valence-corrected chi connectivity index (χ4v) is 1.03. The number of nitrogens with one attached hydrogen (secondary N) is 1. The van der Waals surface area contributed by atoms with Crippen molar-refractivity contribution in [1.82, 2.24) is 9.97 Å². The Morgan fingerprint density at radius 2 is 1.85 bits per heavy atom. The van der Waals surface area contributed by atoms with Gasteiger partial charge in [0.05, 0.1) is 6.20 Å². The molecule has 0 amide bonds. The Balaban J connectivity index is 2.16. The molecule has 0 aliphatic carbocycles. The molecule has 0 saturated heterocycles. The zero-order chi connectivity index (χ0) is 8.93. The molecular formula is C10H9N3. The molecule has 3 heteroatoms. The van der Waals surface area contributed by atoms with Crippen molar-refractivity contribution >= 4 is 11.5 Å². The van der Waals surface area contributed by atoms with Gasteiger partial charge in [-0.2, -0.15) is 0 Å². The first-order valence-corrected chi connectivity index (χ1v) is 4.03. The molecule has 2 rings (SSSR count). The SMILES string of the molecule is c1ccc(Nc2cnccn2)cc1. The molecule has 0 atom stereocenters. The average Bonchev–Trinajstić information content (AvgIpc) is 2.21. The number of aromatic nitrogens is 2. The van der Waals surface area contributed by atoms with Crippen molar-refractivity contribution in [2.45, 2.75) is 0 Å². The Morgan fingerprint density at radius 3 is 2.54 bits per heavy atom. The van der Waals surface area contributed by atoms with E-state index < -0.39 is 0 Å². The predicted octanol–water partition coefficient (Wildman–Crippen LogP) is 2.22. The number of hydrogen-bond donors (Lipinski definition) is 1. The van der Waals surface area contributed by atoms with Crippen LogP contribution < -0.4 is 5.32 Å². The zero-order valence-electron chi connectivity index (χ0n) is 7.01. The summed E-state index contributed by atoms with van der Waals surface area (Å²) in [6, 6.07) is 9.88. The molecule has 0 unspecified atom stereocenters. The maximum atomic E-state index is 4.10. The second-order valence-corrected chi connectivity index (χ2v) is 2.58. The molecule has 0 spiro atoms. The Kier molecular flexibility index (Phi) is 2.18. The molecule has 0 fully saturated rings. The maximum absolute atomic E-state index is 4.10. The Labute approximate surface area is 76.5 Å². The van der Waals surface area contributed by atoms with Gasteiger partial charge in [-0.3, -0.25) is 4.98 Å². The minimum Gasteiger partial charge on any atom is -0.339 e. The predicted molar refractivity (Wildman–Crippen MR) is 51.8 cm³/mol. The van der Waals surface area contributed by atoms with Crippen molar-refractivity contribution in [2.24, 2.45) is 0 Å². The molecule has 0 bridgehead atoms. The second-order valence-electron chi connectivity index (χ2n) is 2.58. The highest BCUT2D eigenvalue weighted by Gasteiger charge is 1.92. The fraction of sp³-hybridized carbons (Fsp3) is 0. The van der Waals surface area contributed by atoms with Crippen LogP contribution in [0.1, 0.15) is 0 Å². The van der Waals surface area contributed by atoms with E-state index in [2.05, 4.69) is 15.3 Å². The summed E-state index contributed by atoms with van der Waals surface area (Å²) in [7, 11) is 0. The van der Waals surface area contributed by atoms with Crippen LogP contribution in [0, 0.1) is 0 Å². The summed E-state index contributed by atoms with van der Waals surface area (Å²) in [4.78, 5) is 8.06. The smallest absolute Gasteiger partial charge is 0.148 e. The van der Waals surface area contributed by atoms with Crippen molar-refractivity contribution < 1.29 is 0 Å². The quantitative estimate of drug-likeness (QED) is 0.752. The topological polar surface area (TPSA) is 37.8 Å². The highest BCUT2D eigenvalue weighted by Crippen LogP contribution is 2.11. The van der Waals surface area contributed by atoms with E-state index in [-0.39, 0.29) is 0 Å². The van der Waals surface area contributed by atoms with Gasteiger partial charge in [0, 0.05) is 18.1 Å². The summed E-state index contributed by atoms with van der Waals surface area (Å²) in [6.07, 6.45) is 4.99. The molecule has 1 heterocycles. The van der Waals surface area contributed by atoms with E-state index in [1.807, 2.05) is 30.3 Å². The summed E-state index contributed by atoms with van der Waals surface area (Å²) in [6.45, 7) is 0. The van der Waals surface area contributed by atoms with Crippen LogP contribution in [-0.4, -0.2) is 9.97 Å². The van der Waals surface area contributed by atoms with Gasteiger partial charge in [0.25, 0.3) is 0 Å². The first-order valence-electron chi connectivity index (χ1n) is 4.03. The van der Waals surface area contributed by atoms with E-state index in [0.717, 1.165) is 11.5 Å². The van der Waals surface area contributed by atoms with Crippen LogP contribution in [0.25, 0.3) is 0 Å². The monoisotopic (exact) mass is 171 g/mol. The van der Waals surface area contributed by atoms with Crippen LogP contribution in [0.15, 0.2) is 48.9 Å². The molecule has 13 heavy (non-hydrogen) atoms. The van der Waals surface area contributed by atoms with Gasteiger partial charge in [0.2, 0.25) is 0 Å². The van der Waals surface area contributed by atoms with E-state index in [1.165, 1.54) is 0 Å². The van der Waals surface area contributed by atoms with Gasteiger partial charge in [-0.15, -0.1) is 0 Å². The number of nitrogens with zero attached hydrogens (tertiary/aromatic N) is 2. The van der Waals surface area contributed by atoms with Crippen molar-refractivity contribution in [3.8, 4) is 0 Å². The molecule has 0 aliphatic rings. The Bertz CT molecular complexity index is 321. The van der Waals surface area contributed by atoms with E-state index in [9.17, 15) is 0 Å². The third-order valence-corrected chi connectivity index (χ3v) is 1.61. The van der Waals surface area contributed by atoms with E-state index in [0.29, 0.717) is 0 Å². The first-order chi connectivity index (χ1) is 6.45. The molecule has 0 radical (unpaired) electrons. The largest absolute Gasteiger partial charge is 0.339 e. The van der Waals surface area contributed by atoms with Gasteiger partial charge in [0.15, 0.2) is 0 Å². The lowest BCUT2D eigenvalue weighted by Crippen LogP contribution is -1.92. The van der Waals surface area contributed by atoms with Gasteiger partial charge in [-0.1, -0.05) is 18.2 Å². The molecule has 2 aromatic rings. The highest BCUT2D eigenvalue weighted by molar-refractivity contribution is 5.54. The summed E-state index contributed by atoms with van der Waals surface area (Å²) in [5, 5.41) is 3.13. The van der Waals surface area contributed by atoms with E-state index in [1.54, 1.807) is 18.6 Å². The van der Waals surface area contributed by atoms with E-state index >= 15 is 0 Å². The molecule has 0 aliphatic heterocycles. The number of benzene rings is 1. The van der Waals surface area contributed by atoms with E-state index in [4.69, 9.17) is 0 Å². The summed E-state index contributed by atoms with van der Waals surface area (Å²) >= 11 is 0. The van der Waals surface area contributed by atoms with Gasteiger partial charge in [-0.05, 0) is 12.1 Å². The third-order valence-electron chi connectivity index (χ3n) is 1.61. The fourth-order valence-electron chi connectivity index (χ4n) is 1.03. The van der Waals surface area contributed by atoms with Crippen LogP contribution in [0.4, 0.5) is 11.5 Å². The van der Waals surface area contributed by atoms with Crippen molar-refractivity contribution in [2.75, 3.05) is 5.32 Å². The van der Waals surface area contributed by atoms with Crippen LogP contribution in [-0.2, 0) is 0 Å². The van der Waals surface area contributed by atoms with Gasteiger partial charge >= 0.3 is 0 Å². The highest BCUT2D eigenvalue weighted by atomic mass is 15.0. The van der Waals surface area contributed by atoms with Crippen LogP contribution in [0.3, 0.4) is 0 Å². The minimum atomic E-state index is 0.758.